The zero-order valence-electron chi connectivity index (χ0n) is 10.5. The number of nitrogens with one attached hydrogen (secondary N) is 1. The molecular weight excluding hydrogens is 264 g/mol. The fourth-order valence-corrected chi connectivity index (χ4v) is 4.40. The third-order valence-corrected chi connectivity index (χ3v) is 5.65. The van der Waals surface area contributed by atoms with Crippen LogP contribution < -0.4 is 5.32 Å². The fraction of sp³-hybridized carbons (Fsp3) is 0.462. The lowest BCUT2D eigenvalue weighted by atomic mass is 10.0. The van der Waals surface area contributed by atoms with Crippen LogP contribution in [0.2, 0.25) is 0 Å². The molecule has 0 saturated carbocycles. The second-order valence-corrected chi connectivity index (χ2v) is 7.14. The van der Waals surface area contributed by atoms with Crippen molar-refractivity contribution >= 4 is 15.9 Å². The molecule has 6 heteroatoms. The number of hydrogen-bond donors (Lipinski definition) is 1. The summed E-state index contributed by atoms with van der Waals surface area (Å²) in [5.41, 5.74) is 0.781. The van der Waals surface area contributed by atoms with E-state index in [-0.39, 0.29) is 23.5 Å². The van der Waals surface area contributed by atoms with E-state index < -0.39 is 10.0 Å². The molecule has 5 nitrogen and oxygen atoms in total. The monoisotopic (exact) mass is 280 g/mol. The molecule has 2 aliphatic rings. The largest absolute Gasteiger partial charge is 0.355 e. The molecule has 0 bridgehead atoms. The number of carbonyl (C=O) groups excluding carboxylic acids is 1. The normalized spacial score (nSPS) is 27.3. The number of sulfonamides is 1. The highest BCUT2D eigenvalue weighted by Crippen LogP contribution is 2.30. The van der Waals surface area contributed by atoms with Crippen molar-refractivity contribution in [1.82, 2.24) is 9.62 Å². The Labute approximate surface area is 112 Å². The Kier molecular flexibility index (Phi) is 3.06. The Morgan fingerprint density at radius 2 is 1.95 bits per heavy atom. The Balaban J connectivity index is 1.74. The van der Waals surface area contributed by atoms with E-state index in [1.165, 1.54) is 4.31 Å². The van der Waals surface area contributed by atoms with Gasteiger partial charge in [-0.2, -0.15) is 0 Å². The first-order valence-electron chi connectivity index (χ1n) is 6.36. The van der Waals surface area contributed by atoms with Crippen molar-refractivity contribution in [3.63, 3.8) is 0 Å². The highest BCUT2D eigenvalue weighted by Gasteiger charge is 2.45. The average molecular weight is 280 g/mol. The summed E-state index contributed by atoms with van der Waals surface area (Å²) in [6, 6.07) is 9.14. The number of nitrogens with zero attached hydrogens (tertiary/aromatic N) is 1. The average Bonchev–Trinajstić information content (AvgIpc) is 2.93. The molecule has 0 spiro atoms. The van der Waals surface area contributed by atoms with Crippen molar-refractivity contribution in [2.45, 2.75) is 5.75 Å². The molecule has 1 amide bonds. The van der Waals surface area contributed by atoms with Gasteiger partial charge in [0.05, 0.1) is 11.7 Å². The van der Waals surface area contributed by atoms with Gasteiger partial charge in [-0.15, -0.1) is 0 Å². The van der Waals surface area contributed by atoms with E-state index in [0.717, 1.165) is 5.56 Å². The van der Waals surface area contributed by atoms with Crippen LogP contribution in [0.1, 0.15) is 5.56 Å². The summed E-state index contributed by atoms with van der Waals surface area (Å²) in [4.78, 5) is 11.6. The lowest BCUT2D eigenvalue weighted by Crippen LogP contribution is -2.34. The molecule has 2 atom stereocenters. The molecule has 3 rings (SSSR count). The van der Waals surface area contributed by atoms with Gasteiger partial charge < -0.3 is 5.32 Å². The van der Waals surface area contributed by atoms with Crippen LogP contribution in [0.5, 0.6) is 0 Å². The highest BCUT2D eigenvalue weighted by atomic mass is 32.2. The molecule has 102 valence electrons. The van der Waals surface area contributed by atoms with Crippen LogP contribution in [0.25, 0.3) is 0 Å². The molecule has 0 aromatic heterocycles. The van der Waals surface area contributed by atoms with Crippen LogP contribution in [0, 0.1) is 11.8 Å². The standard InChI is InChI=1S/C13H16N2O3S/c16-13-12-8-15(7-11(12)6-14-13)19(17,18)9-10-4-2-1-3-5-10/h1-5,11-12H,6-9H2,(H,14,16)/t11-,12+/m0/s1. The lowest BCUT2D eigenvalue weighted by molar-refractivity contribution is -0.122. The number of carbonyl (C=O) groups is 1. The van der Waals surface area contributed by atoms with E-state index in [2.05, 4.69) is 5.32 Å². The van der Waals surface area contributed by atoms with Gasteiger partial charge in [0.25, 0.3) is 0 Å². The summed E-state index contributed by atoms with van der Waals surface area (Å²) in [6.07, 6.45) is 0. The first-order valence-corrected chi connectivity index (χ1v) is 7.96. The summed E-state index contributed by atoms with van der Waals surface area (Å²) < 4.78 is 26.1. The predicted molar refractivity (Wildman–Crippen MR) is 70.6 cm³/mol. The minimum atomic E-state index is -3.33. The van der Waals surface area contributed by atoms with E-state index in [4.69, 9.17) is 0 Å². The zero-order valence-corrected chi connectivity index (χ0v) is 11.3. The van der Waals surface area contributed by atoms with Crippen LogP contribution in [-0.2, 0) is 20.6 Å². The molecular formula is C13H16N2O3S. The molecule has 0 radical (unpaired) electrons. The van der Waals surface area contributed by atoms with Gasteiger partial charge >= 0.3 is 0 Å². The molecule has 1 aromatic carbocycles. The van der Waals surface area contributed by atoms with E-state index in [1.807, 2.05) is 18.2 Å². The second kappa shape index (κ2) is 4.61. The Hall–Kier alpha value is -1.40. The van der Waals surface area contributed by atoms with E-state index in [0.29, 0.717) is 19.6 Å². The summed E-state index contributed by atoms with van der Waals surface area (Å²) in [6.45, 7) is 1.38. The van der Waals surface area contributed by atoms with Gasteiger partial charge in [-0.25, -0.2) is 12.7 Å². The lowest BCUT2D eigenvalue weighted by Gasteiger charge is -2.17. The van der Waals surface area contributed by atoms with Crippen molar-refractivity contribution in [3.8, 4) is 0 Å². The zero-order chi connectivity index (χ0) is 13.5. The van der Waals surface area contributed by atoms with Crippen LogP contribution in [-0.4, -0.2) is 38.3 Å². The second-order valence-electron chi connectivity index (χ2n) is 5.17. The van der Waals surface area contributed by atoms with Crippen molar-refractivity contribution in [1.29, 1.82) is 0 Å². The van der Waals surface area contributed by atoms with Crippen molar-refractivity contribution in [3.05, 3.63) is 35.9 Å². The molecule has 1 N–H and O–H groups in total. The SMILES string of the molecule is O=C1NC[C@H]2CN(S(=O)(=O)Cc3ccccc3)C[C@@H]12. The fourth-order valence-electron chi connectivity index (χ4n) is 2.80. The molecule has 1 aromatic rings. The van der Waals surface area contributed by atoms with Crippen molar-refractivity contribution in [2.24, 2.45) is 11.8 Å². The molecule has 0 aliphatic carbocycles. The maximum Gasteiger partial charge on any atom is 0.224 e. The predicted octanol–water partition coefficient (Wildman–Crippen LogP) is 0.194. The molecule has 19 heavy (non-hydrogen) atoms. The number of amides is 1. The maximum absolute atomic E-state index is 12.3. The van der Waals surface area contributed by atoms with E-state index in [9.17, 15) is 13.2 Å². The summed E-state index contributed by atoms with van der Waals surface area (Å²) >= 11 is 0. The van der Waals surface area contributed by atoms with Gasteiger partial charge in [0.1, 0.15) is 0 Å². The Morgan fingerprint density at radius 3 is 2.63 bits per heavy atom. The first kappa shape index (κ1) is 12.6. The van der Waals surface area contributed by atoms with Gasteiger partial charge in [-0.1, -0.05) is 30.3 Å². The van der Waals surface area contributed by atoms with Crippen molar-refractivity contribution < 1.29 is 13.2 Å². The number of hydrogen-bond acceptors (Lipinski definition) is 3. The summed E-state index contributed by atoms with van der Waals surface area (Å²) in [5, 5.41) is 2.78. The van der Waals surface area contributed by atoms with Gasteiger partial charge in [0.15, 0.2) is 0 Å². The number of rotatable bonds is 3. The van der Waals surface area contributed by atoms with Crippen LogP contribution in [0.15, 0.2) is 30.3 Å². The van der Waals surface area contributed by atoms with Crippen LogP contribution in [0.4, 0.5) is 0 Å². The quantitative estimate of drug-likeness (QED) is 0.860. The van der Waals surface area contributed by atoms with Gasteiger partial charge in [0, 0.05) is 25.6 Å². The molecule has 2 heterocycles. The number of benzene rings is 1. The maximum atomic E-state index is 12.3. The molecule has 2 aliphatic heterocycles. The minimum absolute atomic E-state index is 0.00883. The van der Waals surface area contributed by atoms with Crippen LogP contribution >= 0.6 is 0 Å². The molecule has 0 unspecified atom stereocenters. The van der Waals surface area contributed by atoms with E-state index in [1.54, 1.807) is 12.1 Å². The summed E-state index contributed by atoms with van der Waals surface area (Å²) in [5.74, 6) is -0.0273. The topological polar surface area (TPSA) is 66.5 Å². The van der Waals surface area contributed by atoms with E-state index >= 15 is 0 Å². The minimum Gasteiger partial charge on any atom is -0.355 e. The third-order valence-electron chi connectivity index (χ3n) is 3.87. The Morgan fingerprint density at radius 1 is 1.21 bits per heavy atom. The highest BCUT2D eigenvalue weighted by molar-refractivity contribution is 7.88. The third kappa shape index (κ3) is 2.37. The Bertz CT molecular complexity index is 585. The molecule has 2 saturated heterocycles. The first-order chi connectivity index (χ1) is 9.06. The smallest absolute Gasteiger partial charge is 0.224 e. The summed E-state index contributed by atoms with van der Waals surface area (Å²) in [7, 11) is -3.33. The van der Waals surface area contributed by atoms with Gasteiger partial charge in [-0.05, 0) is 5.56 Å². The van der Waals surface area contributed by atoms with Gasteiger partial charge in [0.2, 0.25) is 15.9 Å². The van der Waals surface area contributed by atoms with Gasteiger partial charge in [-0.3, -0.25) is 4.79 Å². The van der Waals surface area contributed by atoms with Crippen LogP contribution in [0.3, 0.4) is 0 Å². The number of fused-ring (bicyclic) bond motifs is 1. The molecule has 2 fully saturated rings. The van der Waals surface area contributed by atoms with Crippen molar-refractivity contribution in [2.75, 3.05) is 19.6 Å².